The largest absolute Gasteiger partial charge is 0.466 e. The van der Waals surface area contributed by atoms with Crippen molar-refractivity contribution in [1.29, 1.82) is 0 Å². The molecule has 0 radical (unpaired) electrons. The summed E-state index contributed by atoms with van der Waals surface area (Å²) in [4.78, 5) is 14.4. The second-order valence-electron chi connectivity index (χ2n) is 6.71. The van der Waals surface area contributed by atoms with Gasteiger partial charge >= 0.3 is 5.97 Å². The number of hydrogen-bond donors (Lipinski definition) is 0. The predicted molar refractivity (Wildman–Crippen MR) is 80.5 cm³/mol. The van der Waals surface area contributed by atoms with Crippen molar-refractivity contribution in [3.8, 4) is 0 Å². The molecule has 1 heterocycles. The number of nitrogens with zero attached hydrogens (tertiary/aromatic N) is 1. The van der Waals surface area contributed by atoms with Crippen LogP contribution >= 0.6 is 0 Å². The number of carbonyl (C=O) groups excluding carboxylic acids is 1. The van der Waals surface area contributed by atoms with E-state index < -0.39 is 17.6 Å². The van der Waals surface area contributed by atoms with Crippen LogP contribution in [-0.4, -0.2) is 36.1 Å². The number of likely N-dealkylation sites (tertiary alicyclic amines) is 1. The zero-order chi connectivity index (χ0) is 16.5. The van der Waals surface area contributed by atoms with Crippen LogP contribution in [0.3, 0.4) is 0 Å². The zero-order valence-corrected chi connectivity index (χ0v) is 13.5. The third kappa shape index (κ3) is 3.46. The third-order valence-electron chi connectivity index (χ3n) is 4.22. The number of rotatable bonds is 3. The average Bonchev–Trinajstić information content (AvgIpc) is 2.83. The van der Waals surface area contributed by atoms with Crippen LogP contribution in [0.15, 0.2) is 18.2 Å². The highest BCUT2D eigenvalue weighted by molar-refractivity contribution is 5.74. The molecule has 0 bridgehead atoms. The molecule has 0 N–H and O–H groups in total. The minimum absolute atomic E-state index is 0.129. The first-order valence-corrected chi connectivity index (χ1v) is 7.60. The fourth-order valence-corrected chi connectivity index (χ4v) is 2.96. The lowest BCUT2D eigenvalue weighted by Crippen LogP contribution is -2.40. The van der Waals surface area contributed by atoms with Crippen molar-refractivity contribution >= 4 is 5.97 Å². The molecule has 5 heteroatoms. The number of hydrogen-bond acceptors (Lipinski definition) is 3. The highest BCUT2D eigenvalue weighted by Gasteiger charge is 2.43. The van der Waals surface area contributed by atoms with Crippen LogP contribution in [-0.2, 0) is 9.53 Å². The van der Waals surface area contributed by atoms with E-state index in [2.05, 4.69) is 25.7 Å². The minimum Gasteiger partial charge on any atom is -0.466 e. The summed E-state index contributed by atoms with van der Waals surface area (Å²) in [5.41, 5.74) is 0.252. The lowest BCUT2D eigenvalue weighted by Gasteiger charge is -2.31. The Balaban J connectivity index is 2.34. The van der Waals surface area contributed by atoms with E-state index in [4.69, 9.17) is 4.74 Å². The van der Waals surface area contributed by atoms with Gasteiger partial charge in [-0.05, 0) is 39.3 Å². The fourth-order valence-electron chi connectivity index (χ4n) is 2.96. The molecule has 1 aliphatic rings. The maximum absolute atomic E-state index is 14.1. The van der Waals surface area contributed by atoms with Crippen molar-refractivity contribution in [2.24, 2.45) is 5.92 Å². The molecule has 0 amide bonds. The molecule has 0 spiro atoms. The quantitative estimate of drug-likeness (QED) is 0.802. The Morgan fingerprint density at radius 2 is 2.00 bits per heavy atom. The Morgan fingerprint density at radius 3 is 2.55 bits per heavy atom. The summed E-state index contributed by atoms with van der Waals surface area (Å²) in [5, 5.41) is 0. The van der Waals surface area contributed by atoms with Crippen LogP contribution in [0, 0.1) is 17.6 Å². The lowest BCUT2D eigenvalue weighted by molar-refractivity contribution is -0.148. The number of esters is 1. The van der Waals surface area contributed by atoms with Crippen molar-refractivity contribution in [2.75, 3.05) is 19.7 Å². The van der Waals surface area contributed by atoms with E-state index in [1.807, 2.05) is 0 Å². The summed E-state index contributed by atoms with van der Waals surface area (Å²) in [5.74, 6) is -2.28. The highest BCUT2D eigenvalue weighted by atomic mass is 19.1. The molecule has 1 aromatic rings. The first kappa shape index (κ1) is 16.9. The molecule has 1 aliphatic heterocycles. The van der Waals surface area contributed by atoms with Crippen LogP contribution in [0.5, 0.6) is 0 Å². The smallest absolute Gasteiger partial charge is 0.310 e. The molecule has 2 atom stereocenters. The molecule has 122 valence electrons. The SMILES string of the molecule is CCOC(=O)[C@@H]1CN(C(C)(C)C)C[C@@H]1c1ccc(F)cc1F. The Bertz CT molecular complexity index is 554. The first-order valence-electron chi connectivity index (χ1n) is 7.60. The molecule has 22 heavy (non-hydrogen) atoms. The van der Waals surface area contributed by atoms with Crippen molar-refractivity contribution in [3.63, 3.8) is 0 Å². The van der Waals surface area contributed by atoms with E-state index in [9.17, 15) is 13.6 Å². The van der Waals surface area contributed by atoms with Crippen LogP contribution < -0.4 is 0 Å². The number of benzene rings is 1. The fraction of sp³-hybridized carbons (Fsp3) is 0.588. The van der Waals surface area contributed by atoms with Crippen molar-refractivity contribution in [1.82, 2.24) is 4.90 Å². The predicted octanol–water partition coefficient (Wildman–Crippen LogP) is 3.34. The zero-order valence-electron chi connectivity index (χ0n) is 13.5. The van der Waals surface area contributed by atoms with Crippen LogP contribution in [0.2, 0.25) is 0 Å². The van der Waals surface area contributed by atoms with Crippen molar-refractivity contribution in [3.05, 3.63) is 35.4 Å². The monoisotopic (exact) mass is 311 g/mol. The first-order chi connectivity index (χ1) is 10.2. The summed E-state index contributed by atoms with van der Waals surface area (Å²) in [7, 11) is 0. The Labute approximate surface area is 130 Å². The van der Waals surface area contributed by atoms with E-state index in [1.165, 1.54) is 12.1 Å². The lowest BCUT2D eigenvalue weighted by atomic mass is 9.88. The van der Waals surface area contributed by atoms with Gasteiger partial charge in [-0.3, -0.25) is 9.69 Å². The van der Waals surface area contributed by atoms with E-state index in [-0.39, 0.29) is 17.4 Å². The van der Waals surface area contributed by atoms with Gasteiger partial charge in [-0.25, -0.2) is 8.78 Å². The summed E-state index contributed by atoms with van der Waals surface area (Å²) < 4.78 is 32.4. The molecule has 1 fully saturated rings. The second kappa shape index (κ2) is 6.32. The van der Waals surface area contributed by atoms with E-state index in [1.54, 1.807) is 6.92 Å². The second-order valence-corrected chi connectivity index (χ2v) is 6.71. The number of halogens is 2. The van der Waals surface area contributed by atoms with Crippen molar-refractivity contribution in [2.45, 2.75) is 39.2 Å². The Kier molecular flexibility index (Phi) is 4.85. The maximum Gasteiger partial charge on any atom is 0.310 e. The van der Waals surface area contributed by atoms with Gasteiger partial charge in [-0.1, -0.05) is 6.07 Å². The normalized spacial score (nSPS) is 22.8. The number of ether oxygens (including phenoxy) is 1. The van der Waals surface area contributed by atoms with Gasteiger partial charge in [-0.2, -0.15) is 0 Å². The van der Waals surface area contributed by atoms with Gasteiger partial charge in [0, 0.05) is 30.6 Å². The minimum atomic E-state index is -0.611. The van der Waals surface area contributed by atoms with E-state index in [0.29, 0.717) is 25.3 Å². The highest BCUT2D eigenvalue weighted by Crippen LogP contribution is 2.38. The molecular weight excluding hydrogens is 288 g/mol. The molecule has 3 nitrogen and oxygen atoms in total. The molecule has 2 rings (SSSR count). The molecule has 0 saturated carbocycles. The van der Waals surface area contributed by atoms with Gasteiger partial charge in [0.1, 0.15) is 11.6 Å². The summed E-state index contributed by atoms with van der Waals surface area (Å²) in [6.07, 6.45) is 0. The van der Waals surface area contributed by atoms with Gasteiger partial charge in [0.2, 0.25) is 0 Å². The summed E-state index contributed by atoms with van der Waals surface area (Å²) in [6, 6.07) is 3.55. The summed E-state index contributed by atoms with van der Waals surface area (Å²) >= 11 is 0. The van der Waals surface area contributed by atoms with Gasteiger partial charge < -0.3 is 4.74 Å². The molecule has 0 aliphatic carbocycles. The Morgan fingerprint density at radius 1 is 1.32 bits per heavy atom. The van der Waals surface area contributed by atoms with E-state index >= 15 is 0 Å². The summed E-state index contributed by atoms with van der Waals surface area (Å²) in [6.45, 7) is 9.28. The van der Waals surface area contributed by atoms with Crippen LogP contribution in [0.25, 0.3) is 0 Å². The molecule has 1 saturated heterocycles. The molecular formula is C17H23F2NO2. The van der Waals surface area contributed by atoms with Gasteiger partial charge in [0.15, 0.2) is 0 Å². The number of carbonyl (C=O) groups is 1. The topological polar surface area (TPSA) is 29.5 Å². The third-order valence-corrected chi connectivity index (χ3v) is 4.22. The standard InChI is InChI=1S/C17H23F2NO2/c1-5-22-16(21)14-10-20(17(2,3)4)9-13(14)12-7-6-11(18)8-15(12)19/h6-8,13-14H,5,9-10H2,1-4H3/t13-,14-/m1/s1. The average molecular weight is 311 g/mol. The van der Waals surface area contributed by atoms with Crippen LogP contribution in [0.4, 0.5) is 8.78 Å². The maximum atomic E-state index is 14.1. The van der Waals surface area contributed by atoms with Crippen LogP contribution in [0.1, 0.15) is 39.2 Å². The molecule has 0 unspecified atom stereocenters. The van der Waals surface area contributed by atoms with E-state index in [0.717, 1.165) is 6.07 Å². The molecule has 0 aromatic heterocycles. The molecule has 1 aromatic carbocycles. The Hall–Kier alpha value is -1.49. The van der Waals surface area contributed by atoms with Gasteiger partial charge in [0.05, 0.1) is 12.5 Å². The van der Waals surface area contributed by atoms with Gasteiger partial charge in [-0.15, -0.1) is 0 Å². The van der Waals surface area contributed by atoms with Crippen molar-refractivity contribution < 1.29 is 18.3 Å². The van der Waals surface area contributed by atoms with Gasteiger partial charge in [0.25, 0.3) is 0 Å².